The number of nitriles is 1. The fourth-order valence-corrected chi connectivity index (χ4v) is 2.72. The van der Waals surface area contributed by atoms with Crippen molar-refractivity contribution in [1.82, 2.24) is 4.90 Å². The van der Waals surface area contributed by atoms with Crippen molar-refractivity contribution in [2.45, 2.75) is 38.0 Å². The Bertz CT molecular complexity index is 567. The minimum Gasteiger partial charge on any atom is -0.478 e. The predicted octanol–water partition coefficient (Wildman–Crippen LogP) is 2.78. The highest BCUT2D eigenvalue weighted by Crippen LogP contribution is 2.22. The first-order chi connectivity index (χ1) is 10.6. The highest BCUT2D eigenvalue weighted by molar-refractivity contribution is 5.87. The van der Waals surface area contributed by atoms with Crippen molar-refractivity contribution < 1.29 is 14.7 Å². The summed E-state index contributed by atoms with van der Waals surface area (Å²) in [5.41, 5.74) is 0.870. The van der Waals surface area contributed by atoms with Gasteiger partial charge in [0.05, 0.1) is 17.6 Å². The number of carbonyl (C=O) groups excluding carboxylic acids is 1. The molecule has 5 nitrogen and oxygen atoms in total. The second-order valence-corrected chi connectivity index (χ2v) is 5.61. The van der Waals surface area contributed by atoms with Crippen LogP contribution in [0.1, 0.15) is 53.9 Å². The first kappa shape index (κ1) is 16.0. The van der Waals surface area contributed by atoms with Crippen LogP contribution in [-0.2, 0) is 4.79 Å². The lowest BCUT2D eigenvalue weighted by Crippen LogP contribution is -2.32. The topological polar surface area (TPSA) is 81.4 Å². The SMILES string of the molecule is N#CC(CC(=O)N1CCCCCC1)c1ccc(C(=O)O)cc1. The molecule has 1 aromatic carbocycles. The van der Waals surface area contributed by atoms with Gasteiger partial charge in [0.2, 0.25) is 5.91 Å². The van der Waals surface area contributed by atoms with Gasteiger partial charge in [0.1, 0.15) is 0 Å². The number of hydrogen-bond donors (Lipinski definition) is 1. The third-order valence-corrected chi connectivity index (χ3v) is 4.05. The van der Waals surface area contributed by atoms with E-state index in [4.69, 9.17) is 5.11 Å². The summed E-state index contributed by atoms with van der Waals surface area (Å²) >= 11 is 0. The minimum absolute atomic E-state index is 0.00996. The van der Waals surface area contributed by atoms with Crippen LogP contribution in [0.2, 0.25) is 0 Å². The molecule has 1 heterocycles. The number of carboxylic acid groups (broad SMARTS) is 1. The van der Waals surface area contributed by atoms with E-state index >= 15 is 0 Å². The van der Waals surface area contributed by atoms with Crippen LogP contribution in [0.5, 0.6) is 0 Å². The van der Waals surface area contributed by atoms with E-state index in [0.717, 1.165) is 38.8 Å². The summed E-state index contributed by atoms with van der Waals surface area (Å²) in [6.45, 7) is 1.55. The number of amides is 1. The van der Waals surface area contributed by atoms with Gasteiger partial charge < -0.3 is 10.0 Å². The summed E-state index contributed by atoms with van der Waals surface area (Å²) < 4.78 is 0. The lowest BCUT2D eigenvalue weighted by Gasteiger charge is -2.21. The Hall–Kier alpha value is -2.35. The maximum Gasteiger partial charge on any atom is 0.335 e. The van der Waals surface area contributed by atoms with Crippen molar-refractivity contribution in [3.05, 3.63) is 35.4 Å². The second kappa shape index (κ2) is 7.60. The second-order valence-electron chi connectivity index (χ2n) is 5.61. The van der Waals surface area contributed by atoms with Crippen LogP contribution in [0.4, 0.5) is 0 Å². The fourth-order valence-electron chi connectivity index (χ4n) is 2.72. The molecule has 5 heteroatoms. The molecule has 1 aliphatic rings. The molecule has 0 aromatic heterocycles. The Kier molecular flexibility index (Phi) is 5.54. The number of nitrogens with zero attached hydrogens (tertiary/aromatic N) is 2. The molecule has 1 saturated heterocycles. The van der Waals surface area contributed by atoms with Gasteiger partial charge in [0, 0.05) is 19.5 Å². The van der Waals surface area contributed by atoms with E-state index in [1.165, 1.54) is 12.1 Å². The van der Waals surface area contributed by atoms with E-state index < -0.39 is 11.9 Å². The summed E-state index contributed by atoms with van der Waals surface area (Å²) in [5.74, 6) is -1.52. The van der Waals surface area contributed by atoms with Crippen LogP contribution in [0, 0.1) is 11.3 Å². The lowest BCUT2D eigenvalue weighted by molar-refractivity contribution is -0.131. The molecule has 0 aliphatic carbocycles. The molecular weight excluding hydrogens is 280 g/mol. The largest absolute Gasteiger partial charge is 0.478 e. The van der Waals surface area contributed by atoms with Crippen LogP contribution in [0.25, 0.3) is 0 Å². The molecule has 0 radical (unpaired) electrons. The predicted molar refractivity (Wildman–Crippen MR) is 81.4 cm³/mol. The normalized spacial score (nSPS) is 16.4. The number of carboxylic acids is 1. The summed E-state index contributed by atoms with van der Waals surface area (Å²) in [4.78, 5) is 25.0. The number of rotatable bonds is 4. The zero-order valence-corrected chi connectivity index (χ0v) is 12.5. The Labute approximate surface area is 130 Å². The van der Waals surface area contributed by atoms with Crippen LogP contribution in [0.15, 0.2) is 24.3 Å². The van der Waals surface area contributed by atoms with Gasteiger partial charge in [-0.15, -0.1) is 0 Å². The van der Waals surface area contributed by atoms with Gasteiger partial charge in [-0.2, -0.15) is 5.26 Å². The first-order valence-electron chi connectivity index (χ1n) is 7.62. The molecule has 0 saturated carbocycles. The molecular formula is C17H20N2O3. The third kappa shape index (κ3) is 4.08. The van der Waals surface area contributed by atoms with Gasteiger partial charge in [-0.25, -0.2) is 4.79 Å². The molecule has 1 N–H and O–H groups in total. The standard InChI is InChI=1S/C17H20N2O3/c18-12-15(13-5-7-14(8-6-13)17(21)22)11-16(20)19-9-3-1-2-4-10-19/h5-8,15H,1-4,9-11H2,(H,21,22). The molecule has 22 heavy (non-hydrogen) atoms. The summed E-state index contributed by atoms with van der Waals surface area (Å²) in [6, 6.07) is 8.34. The maximum absolute atomic E-state index is 12.3. The average molecular weight is 300 g/mol. The van der Waals surface area contributed by atoms with Crippen molar-refractivity contribution in [2.24, 2.45) is 0 Å². The van der Waals surface area contributed by atoms with E-state index in [1.807, 2.05) is 4.90 Å². The van der Waals surface area contributed by atoms with Crippen molar-refractivity contribution in [1.29, 1.82) is 5.26 Å². The smallest absolute Gasteiger partial charge is 0.335 e. The molecule has 2 rings (SSSR count). The Morgan fingerprint density at radius 3 is 2.23 bits per heavy atom. The van der Waals surface area contributed by atoms with Crippen LogP contribution in [-0.4, -0.2) is 35.0 Å². The van der Waals surface area contributed by atoms with Crippen molar-refractivity contribution >= 4 is 11.9 Å². The molecule has 0 spiro atoms. The minimum atomic E-state index is -0.999. The maximum atomic E-state index is 12.3. The Morgan fingerprint density at radius 2 is 1.73 bits per heavy atom. The van der Waals surface area contributed by atoms with E-state index in [2.05, 4.69) is 6.07 Å². The number of likely N-dealkylation sites (tertiary alicyclic amines) is 1. The van der Waals surface area contributed by atoms with Crippen LogP contribution >= 0.6 is 0 Å². The summed E-state index contributed by atoms with van der Waals surface area (Å²) in [6.07, 6.45) is 4.51. The summed E-state index contributed by atoms with van der Waals surface area (Å²) in [5, 5.41) is 18.2. The molecule has 1 atom stereocenters. The Balaban J connectivity index is 2.03. The molecule has 1 amide bonds. The van der Waals surface area contributed by atoms with Gasteiger partial charge in [0.15, 0.2) is 0 Å². The zero-order chi connectivity index (χ0) is 15.9. The molecule has 1 unspecified atom stereocenters. The molecule has 0 bridgehead atoms. The van der Waals surface area contributed by atoms with E-state index in [0.29, 0.717) is 5.56 Å². The van der Waals surface area contributed by atoms with E-state index in [-0.39, 0.29) is 17.9 Å². The van der Waals surface area contributed by atoms with Gasteiger partial charge in [-0.3, -0.25) is 4.79 Å². The number of carbonyl (C=O) groups is 2. The highest BCUT2D eigenvalue weighted by Gasteiger charge is 2.21. The monoisotopic (exact) mass is 300 g/mol. The van der Waals surface area contributed by atoms with Crippen molar-refractivity contribution in [2.75, 3.05) is 13.1 Å². The third-order valence-electron chi connectivity index (χ3n) is 4.05. The Morgan fingerprint density at radius 1 is 1.14 bits per heavy atom. The first-order valence-corrected chi connectivity index (χ1v) is 7.62. The quantitative estimate of drug-likeness (QED) is 0.927. The van der Waals surface area contributed by atoms with Gasteiger partial charge >= 0.3 is 5.97 Å². The van der Waals surface area contributed by atoms with E-state index in [9.17, 15) is 14.9 Å². The zero-order valence-electron chi connectivity index (χ0n) is 12.5. The van der Waals surface area contributed by atoms with Gasteiger partial charge in [-0.05, 0) is 30.5 Å². The fraction of sp³-hybridized carbons (Fsp3) is 0.471. The van der Waals surface area contributed by atoms with Crippen LogP contribution < -0.4 is 0 Å². The molecule has 1 fully saturated rings. The van der Waals surface area contributed by atoms with Gasteiger partial charge in [0.25, 0.3) is 0 Å². The van der Waals surface area contributed by atoms with Crippen molar-refractivity contribution in [3.63, 3.8) is 0 Å². The average Bonchev–Trinajstić information content (AvgIpc) is 2.81. The molecule has 1 aliphatic heterocycles. The lowest BCUT2D eigenvalue weighted by atomic mass is 9.95. The van der Waals surface area contributed by atoms with Crippen molar-refractivity contribution in [3.8, 4) is 6.07 Å². The number of aromatic carboxylic acids is 1. The van der Waals surface area contributed by atoms with Crippen LogP contribution in [0.3, 0.4) is 0 Å². The number of hydrogen-bond acceptors (Lipinski definition) is 3. The molecule has 1 aromatic rings. The highest BCUT2D eigenvalue weighted by atomic mass is 16.4. The molecule has 116 valence electrons. The number of benzene rings is 1. The summed E-state index contributed by atoms with van der Waals surface area (Å²) in [7, 11) is 0. The van der Waals surface area contributed by atoms with E-state index in [1.54, 1.807) is 12.1 Å². The van der Waals surface area contributed by atoms with Gasteiger partial charge in [-0.1, -0.05) is 25.0 Å².